The van der Waals surface area contributed by atoms with Crippen LogP contribution in [0.3, 0.4) is 0 Å². The number of oxazole rings is 1. The molecule has 0 aliphatic heterocycles. The smallest absolute Gasteiger partial charge is 0.432 e. The topological polar surface area (TPSA) is 38.9 Å². The van der Waals surface area contributed by atoms with Crippen molar-refractivity contribution in [2.75, 3.05) is 0 Å². The molecule has 0 unspecified atom stereocenters. The molecule has 0 aromatic carbocycles. The van der Waals surface area contributed by atoms with E-state index in [1.165, 1.54) is 6.92 Å². The Hall–Kier alpha value is -1.85. The Kier molecular flexibility index (Phi) is 2.88. The third-order valence-electron chi connectivity index (χ3n) is 2.40. The highest BCUT2D eigenvalue weighted by molar-refractivity contribution is 5.62. The Morgan fingerprint density at radius 3 is 2.39 bits per heavy atom. The third kappa shape index (κ3) is 2.23. The highest BCUT2D eigenvalue weighted by Gasteiger charge is 2.38. The Balaban J connectivity index is 2.58. The normalized spacial score (nSPS) is 11.9. The van der Waals surface area contributed by atoms with Gasteiger partial charge in [-0.05, 0) is 26.3 Å². The second-order valence-electron chi connectivity index (χ2n) is 3.96. The molecule has 0 N–H and O–H groups in total. The van der Waals surface area contributed by atoms with Gasteiger partial charge in [0.2, 0.25) is 0 Å². The first-order valence-corrected chi connectivity index (χ1v) is 5.19. The summed E-state index contributed by atoms with van der Waals surface area (Å²) in [6, 6.07) is 2.93. The van der Waals surface area contributed by atoms with Crippen molar-refractivity contribution in [3.05, 3.63) is 35.1 Å². The highest BCUT2D eigenvalue weighted by atomic mass is 19.4. The fraction of sp³-hybridized carbons (Fsp3) is 0.333. The van der Waals surface area contributed by atoms with Crippen molar-refractivity contribution in [3.63, 3.8) is 0 Å². The molecule has 6 heteroatoms. The summed E-state index contributed by atoms with van der Waals surface area (Å²) in [4.78, 5) is 7.46. The molecule has 2 heterocycles. The molecule has 1 radical (unpaired) electrons. The maximum Gasteiger partial charge on any atom is 0.468 e. The lowest BCUT2D eigenvalue weighted by Crippen LogP contribution is -2.04. The molecule has 18 heavy (non-hydrogen) atoms. The molecule has 2 aromatic heterocycles. The minimum Gasteiger partial charge on any atom is -0.432 e. The van der Waals surface area contributed by atoms with Gasteiger partial charge in [-0.2, -0.15) is 13.2 Å². The van der Waals surface area contributed by atoms with Gasteiger partial charge >= 0.3 is 12.1 Å². The lowest BCUT2D eigenvalue weighted by molar-refractivity contribution is -0.156. The number of nitrogens with zero attached hydrogens (tertiary/aromatic N) is 2. The Morgan fingerprint density at radius 1 is 1.17 bits per heavy atom. The summed E-state index contributed by atoms with van der Waals surface area (Å²) >= 11 is 0. The summed E-state index contributed by atoms with van der Waals surface area (Å²) in [7, 11) is 0. The number of aryl methyl sites for hydroxylation is 3. The van der Waals surface area contributed by atoms with Crippen molar-refractivity contribution in [1.29, 1.82) is 0 Å². The van der Waals surface area contributed by atoms with E-state index >= 15 is 0 Å². The maximum atomic E-state index is 12.5. The van der Waals surface area contributed by atoms with E-state index in [-0.39, 0.29) is 11.5 Å². The second kappa shape index (κ2) is 4.12. The van der Waals surface area contributed by atoms with Gasteiger partial charge in [-0.1, -0.05) is 0 Å². The van der Waals surface area contributed by atoms with E-state index in [0.29, 0.717) is 11.3 Å². The van der Waals surface area contributed by atoms with Gasteiger partial charge in [0.25, 0.3) is 0 Å². The maximum absolute atomic E-state index is 12.5. The van der Waals surface area contributed by atoms with Gasteiger partial charge in [-0.3, -0.25) is 4.98 Å². The van der Waals surface area contributed by atoms with E-state index < -0.39 is 12.1 Å². The predicted molar refractivity (Wildman–Crippen MR) is 57.8 cm³/mol. The molecule has 0 saturated heterocycles. The van der Waals surface area contributed by atoms with E-state index in [9.17, 15) is 13.2 Å². The molecule has 0 bridgehead atoms. The van der Waals surface area contributed by atoms with Gasteiger partial charge in [0.1, 0.15) is 0 Å². The summed E-state index contributed by atoms with van der Waals surface area (Å²) in [6.45, 7) is 4.90. The standard InChI is InChI=1S/C12H10F3N2O/c1-6-4-9(7(2)16-5-6)10-8(3)17-11(18-10)12(13,14)15/h5H,1-3H3. The molecule has 2 rings (SSSR count). The van der Waals surface area contributed by atoms with Crippen LogP contribution in [0.4, 0.5) is 13.2 Å². The molecule has 2 aromatic rings. The van der Waals surface area contributed by atoms with Crippen LogP contribution in [-0.4, -0.2) is 9.97 Å². The zero-order chi connectivity index (χ0) is 13.5. The van der Waals surface area contributed by atoms with Crippen LogP contribution < -0.4 is 0 Å². The molecule has 0 fully saturated rings. The van der Waals surface area contributed by atoms with Crippen molar-refractivity contribution in [3.8, 4) is 11.3 Å². The summed E-state index contributed by atoms with van der Waals surface area (Å²) in [6.07, 6.45) is -3.00. The van der Waals surface area contributed by atoms with E-state index in [1.54, 1.807) is 20.0 Å². The zero-order valence-corrected chi connectivity index (χ0v) is 10.0. The number of aromatic nitrogens is 2. The first-order valence-electron chi connectivity index (χ1n) is 5.19. The summed E-state index contributed by atoms with van der Waals surface area (Å²) in [5.41, 5.74) is 1.86. The second-order valence-corrected chi connectivity index (χ2v) is 3.96. The fourth-order valence-corrected chi connectivity index (χ4v) is 1.55. The molecule has 0 aliphatic carbocycles. The molecule has 0 aliphatic rings. The SMILES string of the molecule is Cc1[c]c(-c2oc(C(F)(F)F)nc2C)c(C)nc1. The highest BCUT2D eigenvalue weighted by Crippen LogP contribution is 2.34. The Bertz CT molecular complexity index is 587. The van der Waals surface area contributed by atoms with Crippen LogP contribution in [0, 0.1) is 26.8 Å². The first kappa shape index (κ1) is 12.6. The average Bonchev–Trinajstić information content (AvgIpc) is 2.64. The Morgan fingerprint density at radius 2 is 1.83 bits per heavy atom. The summed E-state index contributed by atoms with van der Waals surface area (Å²) < 4.78 is 42.3. The fourth-order valence-electron chi connectivity index (χ4n) is 1.55. The van der Waals surface area contributed by atoms with Gasteiger partial charge in [-0.15, -0.1) is 0 Å². The predicted octanol–water partition coefficient (Wildman–Crippen LogP) is 3.48. The number of hydrogen-bond acceptors (Lipinski definition) is 3. The van der Waals surface area contributed by atoms with Crippen molar-refractivity contribution in [2.24, 2.45) is 0 Å². The molecular formula is C12H10F3N2O. The zero-order valence-electron chi connectivity index (χ0n) is 10.0. The lowest BCUT2D eigenvalue weighted by Gasteiger charge is -2.03. The quantitative estimate of drug-likeness (QED) is 0.783. The summed E-state index contributed by atoms with van der Waals surface area (Å²) in [5.74, 6) is -1.18. The number of halogens is 3. The number of hydrogen-bond donors (Lipinski definition) is 0. The molecule has 95 valence electrons. The van der Waals surface area contributed by atoms with Crippen LogP contribution in [0.5, 0.6) is 0 Å². The van der Waals surface area contributed by atoms with Crippen molar-refractivity contribution in [1.82, 2.24) is 9.97 Å². The minimum atomic E-state index is -4.59. The minimum absolute atomic E-state index is 0.0658. The van der Waals surface area contributed by atoms with Crippen LogP contribution in [0.25, 0.3) is 11.3 Å². The molecule has 0 amide bonds. The first-order chi connectivity index (χ1) is 8.29. The monoisotopic (exact) mass is 255 g/mol. The lowest BCUT2D eigenvalue weighted by atomic mass is 10.1. The largest absolute Gasteiger partial charge is 0.468 e. The van der Waals surface area contributed by atoms with Crippen LogP contribution in [0.2, 0.25) is 0 Å². The van der Waals surface area contributed by atoms with E-state index in [0.717, 1.165) is 5.56 Å². The Labute approximate surface area is 102 Å². The van der Waals surface area contributed by atoms with Crippen molar-refractivity contribution in [2.45, 2.75) is 26.9 Å². The molecule has 0 saturated carbocycles. The van der Waals surface area contributed by atoms with Crippen molar-refractivity contribution < 1.29 is 17.6 Å². The van der Waals surface area contributed by atoms with Crippen LogP contribution in [0.15, 0.2) is 10.6 Å². The van der Waals surface area contributed by atoms with Gasteiger partial charge < -0.3 is 4.42 Å². The van der Waals surface area contributed by atoms with Crippen LogP contribution >= 0.6 is 0 Å². The van der Waals surface area contributed by atoms with Gasteiger partial charge in [0, 0.05) is 23.5 Å². The molecule has 0 spiro atoms. The van der Waals surface area contributed by atoms with Crippen LogP contribution in [0.1, 0.15) is 22.8 Å². The number of rotatable bonds is 1. The van der Waals surface area contributed by atoms with E-state index in [4.69, 9.17) is 4.42 Å². The van der Waals surface area contributed by atoms with Crippen molar-refractivity contribution >= 4 is 0 Å². The molecular weight excluding hydrogens is 245 g/mol. The van der Waals surface area contributed by atoms with E-state index in [1.807, 2.05) is 0 Å². The molecule has 3 nitrogen and oxygen atoms in total. The van der Waals surface area contributed by atoms with Gasteiger partial charge in [-0.25, -0.2) is 4.98 Å². The third-order valence-corrected chi connectivity index (χ3v) is 2.40. The van der Waals surface area contributed by atoms with Crippen LogP contribution in [-0.2, 0) is 6.18 Å². The van der Waals surface area contributed by atoms with E-state index in [2.05, 4.69) is 16.0 Å². The number of pyridine rings is 1. The number of alkyl halides is 3. The average molecular weight is 255 g/mol. The summed E-state index contributed by atoms with van der Waals surface area (Å²) in [5, 5.41) is 0. The van der Waals surface area contributed by atoms with Gasteiger partial charge in [0.15, 0.2) is 5.76 Å². The van der Waals surface area contributed by atoms with Gasteiger partial charge in [0.05, 0.1) is 5.69 Å². The molecule has 0 atom stereocenters.